The molecule has 9 heteroatoms. The standard InChI is InChI=1S/C30H33FN6O2/c1-18-11-19(13-22(31)12-18)15-33-28-30(39)37-25(27(36-28)20-5-3-2-4-6-20)7-8-26(37)29(38)34-17-23-14-21-16-32-10-9-24(21)35-23/h9-14,16,20,26,35H,2-8,15,17H2,1H3,(H,33,36)(H,34,38)/t26-/m0/s1. The van der Waals surface area contributed by atoms with E-state index in [1.807, 2.05) is 25.1 Å². The number of rotatable bonds is 7. The van der Waals surface area contributed by atoms with Gasteiger partial charge < -0.3 is 15.6 Å². The van der Waals surface area contributed by atoms with Crippen molar-refractivity contribution in [3.05, 3.63) is 87.1 Å². The fourth-order valence-corrected chi connectivity index (χ4v) is 6.17. The Bertz CT molecular complexity index is 1530. The van der Waals surface area contributed by atoms with Gasteiger partial charge in [0.05, 0.1) is 12.2 Å². The number of hydrogen-bond acceptors (Lipinski definition) is 5. The van der Waals surface area contributed by atoms with E-state index in [1.165, 1.54) is 18.6 Å². The zero-order valence-corrected chi connectivity index (χ0v) is 22.1. The Morgan fingerprint density at radius 3 is 2.77 bits per heavy atom. The molecule has 0 spiro atoms. The molecule has 4 aromatic rings. The van der Waals surface area contributed by atoms with Crippen molar-refractivity contribution in [3.63, 3.8) is 0 Å². The van der Waals surface area contributed by atoms with Crippen LogP contribution in [-0.2, 0) is 24.3 Å². The first kappa shape index (κ1) is 25.3. The molecule has 1 aromatic carbocycles. The minimum atomic E-state index is -0.596. The maximum atomic E-state index is 14.0. The molecule has 0 bridgehead atoms. The first-order valence-electron chi connectivity index (χ1n) is 13.8. The van der Waals surface area contributed by atoms with Gasteiger partial charge in [-0.2, -0.15) is 0 Å². The molecule has 1 aliphatic heterocycles. The summed E-state index contributed by atoms with van der Waals surface area (Å²) in [5.74, 6) is 0.0137. The van der Waals surface area contributed by atoms with Crippen LogP contribution in [0.1, 0.15) is 78.7 Å². The number of aromatic amines is 1. The molecule has 0 radical (unpaired) electrons. The number of aryl methyl sites for hydroxylation is 1. The van der Waals surface area contributed by atoms with Crippen LogP contribution in [-0.4, -0.2) is 25.4 Å². The molecule has 2 aliphatic rings. The van der Waals surface area contributed by atoms with Crippen molar-refractivity contribution in [3.8, 4) is 0 Å². The third-order valence-electron chi connectivity index (χ3n) is 7.99. The van der Waals surface area contributed by atoms with E-state index in [9.17, 15) is 14.0 Å². The van der Waals surface area contributed by atoms with Gasteiger partial charge in [-0.05, 0) is 68.0 Å². The molecule has 4 heterocycles. The van der Waals surface area contributed by atoms with Gasteiger partial charge in [0.2, 0.25) is 5.91 Å². The first-order valence-corrected chi connectivity index (χ1v) is 13.8. The Labute approximate surface area is 226 Å². The van der Waals surface area contributed by atoms with Gasteiger partial charge >= 0.3 is 0 Å². The molecule has 1 atom stereocenters. The minimum absolute atomic E-state index is 0.180. The summed E-state index contributed by atoms with van der Waals surface area (Å²) in [6.45, 7) is 2.45. The van der Waals surface area contributed by atoms with Gasteiger partial charge in [-0.3, -0.25) is 19.1 Å². The molecular weight excluding hydrogens is 495 g/mol. The second-order valence-corrected chi connectivity index (χ2v) is 10.8. The fraction of sp³-hybridized carbons (Fsp3) is 0.400. The molecule has 3 N–H and O–H groups in total. The molecule has 1 aliphatic carbocycles. The third-order valence-corrected chi connectivity index (χ3v) is 7.99. The highest BCUT2D eigenvalue weighted by molar-refractivity contribution is 5.82. The highest BCUT2D eigenvalue weighted by Crippen LogP contribution is 2.37. The van der Waals surface area contributed by atoms with Crippen molar-refractivity contribution in [1.82, 2.24) is 24.8 Å². The second kappa shape index (κ2) is 10.6. The lowest BCUT2D eigenvalue weighted by Crippen LogP contribution is -2.37. The predicted molar refractivity (Wildman–Crippen MR) is 148 cm³/mol. The smallest absolute Gasteiger partial charge is 0.294 e. The van der Waals surface area contributed by atoms with Crippen LogP contribution >= 0.6 is 0 Å². The van der Waals surface area contributed by atoms with Crippen molar-refractivity contribution >= 4 is 22.6 Å². The van der Waals surface area contributed by atoms with Gasteiger partial charge in [0.15, 0.2) is 5.82 Å². The number of amides is 1. The molecule has 39 heavy (non-hydrogen) atoms. The molecule has 6 rings (SSSR count). The van der Waals surface area contributed by atoms with E-state index in [4.69, 9.17) is 4.98 Å². The molecule has 1 saturated carbocycles. The van der Waals surface area contributed by atoms with Crippen molar-refractivity contribution < 1.29 is 9.18 Å². The molecule has 202 valence electrons. The van der Waals surface area contributed by atoms with Crippen LogP contribution in [0.25, 0.3) is 10.9 Å². The lowest BCUT2D eigenvalue weighted by atomic mass is 9.85. The molecule has 0 saturated heterocycles. The van der Waals surface area contributed by atoms with Crippen molar-refractivity contribution in [1.29, 1.82) is 0 Å². The van der Waals surface area contributed by atoms with Crippen LogP contribution in [0.5, 0.6) is 0 Å². The van der Waals surface area contributed by atoms with Gasteiger partial charge in [-0.15, -0.1) is 0 Å². The first-order chi connectivity index (χ1) is 19.0. The molecule has 0 unspecified atom stereocenters. The Kier molecular flexibility index (Phi) is 6.89. The average molecular weight is 529 g/mol. The van der Waals surface area contributed by atoms with Gasteiger partial charge in [0.1, 0.15) is 11.9 Å². The van der Waals surface area contributed by atoms with E-state index in [1.54, 1.807) is 17.0 Å². The van der Waals surface area contributed by atoms with Gasteiger partial charge in [0, 0.05) is 47.1 Å². The summed E-state index contributed by atoms with van der Waals surface area (Å²) in [7, 11) is 0. The number of nitrogens with one attached hydrogen (secondary N) is 3. The summed E-state index contributed by atoms with van der Waals surface area (Å²) in [5.41, 5.74) is 4.91. The minimum Gasteiger partial charge on any atom is -0.361 e. The number of fused-ring (bicyclic) bond motifs is 2. The second-order valence-electron chi connectivity index (χ2n) is 10.8. The highest BCUT2D eigenvalue weighted by Gasteiger charge is 2.35. The third kappa shape index (κ3) is 5.17. The van der Waals surface area contributed by atoms with E-state index in [-0.39, 0.29) is 35.6 Å². The quantitative estimate of drug-likeness (QED) is 0.312. The Morgan fingerprint density at radius 1 is 1.13 bits per heavy atom. The number of benzene rings is 1. The zero-order valence-electron chi connectivity index (χ0n) is 22.1. The molecule has 1 fully saturated rings. The van der Waals surface area contributed by atoms with Crippen molar-refractivity contribution in [2.24, 2.45) is 0 Å². The van der Waals surface area contributed by atoms with Crippen LogP contribution in [0, 0.1) is 12.7 Å². The van der Waals surface area contributed by atoms with E-state index in [0.29, 0.717) is 19.4 Å². The Balaban J connectivity index is 1.28. The molecule has 1 amide bonds. The molecule has 3 aromatic heterocycles. The van der Waals surface area contributed by atoms with Crippen molar-refractivity contribution in [2.45, 2.75) is 76.9 Å². The number of aromatic nitrogens is 4. The number of H-pyrrole nitrogens is 1. The van der Waals surface area contributed by atoms with E-state index in [2.05, 4.69) is 20.6 Å². The summed E-state index contributed by atoms with van der Waals surface area (Å²) in [6.07, 6.45) is 10.3. The largest absolute Gasteiger partial charge is 0.361 e. The van der Waals surface area contributed by atoms with Crippen LogP contribution in [0.2, 0.25) is 0 Å². The van der Waals surface area contributed by atoms with Crippen LogP contribution in [0.3, 0.4) is 0 Å². The highest BCUT2D eigenvalue weighted by atomic mass is 19.1. The van der Waals surface area contributed by atoms with E-state index >= 15 is 0 Å². The number of nitrogens with zero attached hydrogens (tertiary/aromatic N) is 3. The van der Waals surface area contributed by atoms with Gasteiger partial charge in [-0.25, -0.2) is 9.37 Å². The fourth-order valence-electron chi connectivity index (χ4n) is 6.17. The zero-order chi connectivity index (χ0) is 26.9. The number of carbonyl (C=O) groups is 1. The van der Waals surface area contributed by atoms with Crippen molar-refractivity contribution in [2.75, 3.05) is 5.32 Å². The van der Waals surface area contributed by atoms with E-state index in [0.717, 1.165) is 64.8 Å². The van der Waals surface area contributed by atoms with Crippen LogP contribution in [0.15, 0.2) is 47.5 Å². The normalized spacial score (nSPS) is 17.3. The topological polar surface area (TPSA) is 105 Å². The SMILES string of the molecule is Cc1cc(F)cc(CNc2nc(C3CCCCC3)c3n(c2=O)[C@H](C(=O)NCc2cc4cnccc4[nH]2)CC3)c1. The summed E-state index contributed by atoms with van der Waals surface area (Å²) in [5, 5.41) is 7.18. The average Bonchev–Trinajstić information content (AvgIpc) is 3.56. The Hall–Kier alpha value is -4.01. The number of pyridine rings is 1. The van der Waals surface area contributed by atoms with E-state index < -0.39 is 6.04 Å². The van der Waals surface area contributed by atoms with Crippen LogP contribution in [0.4, 0.5) is 10.2 Å². The van der Waals surface area contributed by atoms with Gasteiger partial charge in [-0.1, -0.05) is 25.3 Å². The number of hydrogen-bond donors (Lipinski definition) is 3. The summed E-state index contributed by atoms with van der Waals surface area (Å²) >= 11 is 0. The summed E-state index contributed by atoms with van der Waals surface area (Å²) in [4.78, 5) is 39.5. The maximum Gasteiger partial charge on any atom is 0.294 e. The van der Waals surface area contributed by atoms with Crippen LogP contribution < -0.4 is 16.2 Å². The predicted octanol–water partition coefficient (Wildman–Crippen LogP) is 5.03. The number of halogens is 1. The Morgan fingerprint density at radius 2 is 1.97 bits per heavy atom. The maximum absolute atomic E-state index is 14.0. The summed E-state index contributed by atoms with van der Waals surface area (Å²) in [6, 6.07) is 8.10. The molecular formula is C30H33FN6O2. The number of carbonyl (C=O) groups excluding carboxylic acids is 1. The molecule has 8 nitrogen and oxygen atoms in total. The lowest BCUT2D eigenvalue weighted by Gasteiger charge is -2.25. The lowest BCUT2D eigenvalue weighted by molar-refractivity contribution is -0.124. The summed E-state index contributed by atoms with van der Waals surface area (Å²) < 4.78 is 15.6. The number of anilines is 1. The monoisotopic (exact) mass is 528 g/mol. The van der Waals surface area contributed by atoms with Gasteiger partial charge in [0.25, 0.3) is 5.56 Å².